The summed E-state index contributed by atoms with van der Waals surface area (Å²) in [5.74, 6) is 2.00. The van der Waals surface area contributed by atoms with Crippen LogP contribution in [-0.4, -0.2) is 24.7 Å². The maximum absolute atomic E-state index is 12.2. The Balaban J connectivity index is 1.67. The number of carbonyl (C=O) groups is 1. The fourth-order valence-electron chi connectivity index (χ4n) is 1.87. The van der Waals surface area contributed by atoms with Crippen molar-refractivity contribution in [1.29, 1.82) is 0 Å². The van der Waals surface area contributed by atoms with Crippen molar-refractivity contribution in [3.8, 4) is 11.5 Å². The molecule has 1 aromatic heterocycles. The van der Waals surface area contributed by atoms with E-state index < -0.39 is 0 Å². The first kappa shape index (κ1) is 15.4. The molecule has 0 unspecified atom stereocenters. The number of Topliss-reactive ketones (excluding diaryl/α,β-unsaturated/α-hetero) is 1. The molecular weight excluding hydrogens is 440 g/mol. The molecule has 1 aliphatic heterocycles. The topological polar surface area (TPSA) is 35.5 Å². The molecule has 2 heterocycles. The average Bonchev–Trinajstić information content (AvgIpc) is 2.83. The molecule has 3 nitrogen and oxygen atoms in total. The first-order valence-electron chi connectivity index (χ1n) is 6.14. The van der Waals surface area contributed by atoms with Crippen molar-refractivity contribution in [2.24, 2.45) is 0 Å². The zero-order chi connectivity index (χ0) is 14.8. The van der Waals surface area contributed by atoms with Crippen LogP contribution in [0.15, 0.2) is 36.7 Å². The van der Waals surface area contributed by atoms with Gasteiger partial charge in [0.2, 0.25) is 0 Å². The number of thioether (sulfide) groups is 1. The normalized spacial score (nSPS) is 13.2. The van der Waals surface area contributed by atoms with Crippen LogP contribution in [0.2, 0.25) is 0 Å². The summed E-state index contributed by atoms with van der Waals surface area (Å²) in [6.07, 6.45) is 0. The molecule has 0 bridgehead atoms. The molecule has 0 fully saturated rings. The van der Waals surface area contributed by atoms with Gasteiger partial charge in [-0.15, -0.1) is 23.1 Å². The Morgan fingerprint density at radius 3 is 2.67 bits per heavy atom. The Bertz CT molecular complexity index is 685. The molecule has 0 aliphatic carbocycles. The minimum atomic E-state index is 0.101. The number of ether oxygens (including phenoxy) is 2. The number of ketones is 1. The third-order valence-corrected chi connectivity index (χ3v) is 6.17. The second kappa shape index (κ2) is 6.73. The molecule has 1 aliphatic rings. The molecule has 7 heteroatoms. The number of benzene rings is 1. The molecule has 3 rings (SSSR count). The van der Waals surface area contributed by atoms with Crippen molar-refractivity contribution in [3.05, 3.63) is 37.4 Å². The van der Waals surface area contributed by atoms with E-state index in [1.165, 1.54) is 23.1 Å². The van der Waals surface area contributed by atoms with Crippen LogP contribution in [0.25, 0.3) is 0 Å². The van der Waals surface area contributed by atoms with Gasteiger partial charge in [-0.3, -0.25) is 4.79 Å². The van der Waals surface area contributed by atoms with E-state index >= 15 is 0 Å². The van der Waals surface area contributed by atoms with E-state index in [0.29, 0.717) is 19.0 Å². The van der Waals surface area contributed by atoms with Gasteiger partial charge in [0.15, 0.2) is 17.3 Å². The van der Waals surface area contributed by atoms with E-state index in [4.69, 9.17) is 9.47 Å². The van der Waals surface area contributed by atoms with Crippen LogP contribution in [0, 0.1) is 0 Å². The fraction of sp³-hybridized carbons (Fsp3) is 0.214. The van der Waals surface area contributed by atoms with Crippen LogP contribution in [0.4, 0.5) is 0 Å². The van der Waals surface area contributed by atoms with Crippen molar-refractivity contribution < 1.29 is 14.3 Å². The number of hydrogen-bond acceptors (Lipinski definition) is 5. The van der Waals surface area contributed by atoms with Crippen LogP contribution >= 0.6 is 55.0 Å². The van der Waals surface area contributed by atoms with Crippen LogP contribution in [0.5, 0.6) is 11.5 Å². The number of carbonyl (C=O) groups excluding carboxylic acids is 1. The monoisotopic (exact) mass is 448 g/mol. The molecule has 0 atom stereocenters. The van der Waals surface area contributed by atoms with Crippen molar-refractivity contribution in [3.63, 3.8) is 0 Å². The lowest BCUT2D eigenvalue weighted by atomic mass is 10.2. The van der Waals surface area contributed by atoms with Gasteiger partial charge in [-0.25, -0.2) is 0 Å². The lowest BCUT2D eigenvalue weighted by Gasteiger charge is -2.18. The standard InChI is InChI=1S/C14H10Br2O3S2/c15-13-6-9(14(16)21-13)10(17)7-20-8-1-2-11-12(5-8)19-4-3-18-11/h1-2,5-6H,3-4,7H2. The Labute approximate surface area is 147 Å². The Morgan fingerprint density at radius 2 is 1.95 bits per heavy atom. The van der Waals surface area contributed by atoms with Crippen LogP contribution < -0.4 is 9.47 Å². The summed E-state index contributed by atoms with van der Waals surface area (Å²) in [5, 5.41) is 0. The largest absolute Gasteiger partial charge is 0.486 e. The van der Waals surface area contributed by atoms with E-state index in [1.807, 2.05) is 24.3 Å². The lowest BCUT2D eigenvalue weighted by molar-refractivity contribution is 0.102. The first-order chi connectivity index (χ1) is 10.1. The summed E-state index contributed by atoms with van der Waals surface area (Å²) in [6.45, 7) is 1.15. The van der Waals surface area contributed by atoms with Gasteiger partial charge in [-0.1, -0.05) is 0 Å². The molecule has 21 heavy (non-hydrogen) atoms. The molecule has 0 saturated carbocycles. The van der Waals surface area contributed by atoms with Crippen molar-refractivity contribution >= 4 is 60.7 Å². The van der Waals surface area contributed by atoms with Gasteiger partial charge in [0.25, 0.3) is 0 Å². The molecule has 0 spiro atoms. The smallest absolute Gasteiger partial charge is 0.175 e. The number of halogens is 2. The second-order valence-corrected chi connectivity index (χ2v) is 9.05. The summed E-state index contributed by atoms with van der Waals surface area (Å²) in [7, 11) is 0. The maximum Gasteiger partial charge on any atom is 0.175 e. The Kier molecular flexibility index (Phi) is 4.93. The van der Waals surface area contributed by atoms with Gasteiger partial charge in [-0.05, 0) is 56.1 Å². The number of hydrogen-bond donors (Lipinski definition) is 0. The predicted octanol–water partition coefficient (Wildman–Crippen LogP) is 5.02. The van der Waals surface area contributed by atoms with Gasteiger partial charge >= 0.3 is 0 Å². The quantitative estimate of drug-likeness (QED) is 0.485. The minimum absolute atomic E-state index is 0.101. The van der Waals surface area contributed by atoms with E-state index in [-0.39, 0.29) is 5.78 Å². The molecule has 0 amide bonds. The average molecular weight is 450 g/mol. The zero-order valence-corrected chi connectivity index (χ0v) is 15.5. The molecule has 2 aromatic rings. The third kappa shape index (κ3) is 3.64. The van der Waals surface area contributed by atoms with Crippen LogP contribution in [0.1, 0.15) is 10.4 Å². The van der Waals surface area contributed by atoms with Crippen molar-refractivity contribution in [2.45, 2.75) is 4.90 Å². The highest BCUT2D eigenvalue weighted by molar-refractivity contribution is 9.12. The van der Waals surface area contributed by atoms with Gasteiger partial charge in [0.1, 0.15) is 13.2 Å². The molecular formula is C14H10Br2O3S2. The molecule has 110 valence electrons. The number of thiophene rings is 1. The van der Waals surface area contributed by atoms with Crippen LogP contribution in [-0.2, 0) is 0 Å². The summed E-state index contributed by atoms with van der Waals surface area (Å²) >= 11 is 9.80. The van der Waals surface area contributed by atoms with Gasteiger partial charge < -0.3 is 9.47 Å². The zero-order valence-electron chi connectivity index (χ0n) is 10.7. The number of rotatable bonds is 4. The number of fused-ring (bicyclic) bond motifs is 1. The van der Waals surface area contributed by atoms with Crippen molar-refractivity contribution in [1.82, 2.24) is 0 Å². The van der Waals surface area contributed by atoms with E-state index in [0.717, 1.165) is 29.5 Å². The SMILES string of the molecule is O=C(CSc1ccc2c(c1)OCCO2)c1cc(Br)sc1Br. The van der Waals surface area contributed by atoms with E-state index in [1.54, 1.807) is 0 Å². The Hall–Kier alpha value is -0.500. The highest BCUT2D eigenvalue weighted by Crippen LogP contribution is 2.36. The summed E-state index contributed by atoms with van der Waals surface area (Å²) in [5.41, 5.74) is 0.719. The highest BCUT2D eigenvalue weighted by atomic mass is 79.9. The minimum Gasteiger partial charge on any atom is -0.486 e. The van der Waals surface area contributed by atoms with Crippen molar-refractivity contribution in [2.75, 3.05) is 19.0 Å². The lowest BCUT2D eigenvalue weighted by Crippen LogP contribution is -2.15. The fourth-order valence-corrected chi connectivity index (χ4v) is 5.53. The third-order valence-electron chi connectivity index (χ3n) is 2.84. The maximum atomic E-state index is 12.2. The summed E-state index contributed by atoms with van der Waals surface area (Å²) < 4.78 is 12.8. The molecule has 1 aromatic carbocycles. The summed E-state index contributed by atoms with van der Waals surface area (Å²) in [4.78, 5) is 13.2. The first-order valence-corrected chi connectivity index (χ1v) is 9.53. The Morgan fingerprint density at radius 1 is 1.19 bits per heavy atom. The molecule has 0 N–H and O–H groups in total. The second-order valence-electron chi connectivity index (χ2n) is 4.26. The van der Waals surface area contributed by atoms with E-state index in [9.17, 15) is 4.79 Å². The predicted molar refractivity (Wildman–Crippen MR) is 92.2 cm³/mol. The van der Waals surface area contributed by atoms with Gasteiger partial charge in [0, 0.05) is 10.5 Å². The molecule has 0 radical (unpaired) electrons. The van der Waals surface area contributed by atoms with Gasteiger partial charge in [0.05, 0.1) is 13.3 Å². The van der Waals surface area contributed by atoms with Crippen LogP contribution in [0.3, 0.4) is 0 Å². The van der Waals surface area contributed by atoms with Gasteiger partial charge in [-0.2, -0.15) is 0 Å². The highest BCUT2D eigenvalue weighted by Gasteiger charge is 2.16. The molecule has 0 saturated heterocycles. The summed E-state index contributed by atoms with van der Waals surface area (Å²) in [6, 6.07) is 7.61. The van der Waals surface area contributed by atoms with E-state index in [2.05, 4.69) is 31.9 Å².